The van der Waals surface area contributed by atoms with Crippen LogP contribution in [-0.4, -0.2) is 21.2 Å². The van der Waals surface area contributed by atoms with Gasteiger partial charge in [0.15, 0.2) is 5.82 Å². The van der Waals surface area contributed by atoms with E-state index in [1.807, 2.05) is 42.5 Å². The van der Waals surface area contributed by atoms with Crippen LogP contribution in [-0.2, 0) is 5.41 Å². The van der Waals surface area contributed by atoms with E-state index < -0.39 is 0 Å². The normalized spacial score (nSPS) is 12.6. The van der Waals surface area contributed by atoms with E-state index in [1.54, 1.807) is 0 Å². The van der Waals surface area contributed by atoms with E-state index in [9.17, 15) is 4.79 Å². The molecule has 4 aromatic rings. The molecule has 2 aromatic carbocycles. The monoisotopic (exact) mass is 419 g/mol. The fourth-order valence-electron chi connectivity index (χ4n) is 3.11. The van der Waals surface area contributed by atoms with Gasteiger partial charge in [-0.2, -0.15) is 9.50 Å². The molecule has 4 rings (SSSR count). The van der Waals surface area contributed by atoms with E-state index >= 15 is 0 Å². The highest BCUT2D eigenvalue weighted by molar-refractivity contribution is 7.15. The van der Waals surface area contributed by atoms with Crippen molar-refractivity contribution >= 4 is 22.4 Å². The minimum absolute atomic E-state index is 0.104. The van der Waals surface area contributed by atoms with Crippen molar-refractivity contribution < 1.29 is 4.74 Å². The van der Waals surface area contributed by atoms with Gasteiger partial charge in [0.1, 0.15) is 5.75 Å². The molecule has 0 amide bonds. The van der Waals surface area contributed by atoms with Crippen LogP contribution >= 0.6 is 11.3 Å². The minimum atomic E-state index is -0.142. The lowest BCUT2D eigenvalue weighted by atomic mass is 9.87. The summed E-state index contributed by atoms with van der Waals surface area (Å²) in [6, 6.07) is 15.9. The largest absolute Gasteiger partial charge is 0.494 e. The topological polar surface area (TPSA) is 56.5 Å². The van der Waals surface area contributed by atoms with E-state index in [-0.39, 0.29) is 11.0 Å². The van der Waals surface area contributed by atoms with Crippen LogP contribution in [0.4, 0.5) is 0 Å². The summed E-state index contributed by atoms with van der Waals surface area (Å²) in [5.41, 5.74) is 3.08. The Morgan fingerprint density at radius 2 is 1.77 bits per heavy atom. The third-order valence-corrected chi connectivity index (χ3v) is 5.80. The third-order valence-electron chi connectivity index (χ3n) is 4.84. The molecule has 0 radical (unpaired) electrons. The van der Waals surface area contributed by atoms with Crippen LogP contribution in [0, 0.1) is 0 Å². The third kappa shape index (κ3) is 4.14. The summed E-state index contributed by atoms with van der Waals surface area (Å²) >= 11 is 1.35. The molecule has 0 saturated carbocycles. The van der Waals surface area contributed by atoms with E-state index in [0.29, 0.717) is 21.9 Å². The van der Waals surface area contributed by atoms with Crippen LogP contribution in [0.2, 0.25) is 0 Å². The molecule has 154 valence electrons. The molecule has 0 aliphatic carbocycles. The second-order valence-corrected chi connectivity index (χ2v) is 9.30. The van der Waals surface area contributed by atoms with Gasteiger partial charge in [0, 0.05) is 5.56 Å². The standard InChI is InChI=1S/C24H25N3O2S/c1-5-14-29-19-12-8-17(9-13-19)21-25-23-27(26-21)22(28)20(30-23)15-16-6-10-18(11-7-16)24(2,3)4/h6-13,15H,5,14H2,1-4H3/b20-15-. The number of benzene rings is 2. The van der Waals surface area contributed by atoms with Crippen LogP contribution in [0.5, 0.6) is 5.75 Å². The molecule has 0 fully saturated rings. The highest BCUT2D eigenvalue weighted by atomic mass is 32.1. The number of hydrogen-bond acceptors (Lipinski definition) is 5. The van der Waals surface area contributed by atoms with Crippen molar-refractivity contribution in [1.82, 2.24) is 14.6 Å². The molecule has 0 bridgehead atoms. The maximum absolute atomic E-state index is 12.8. The maximum atomic E-state index is 12.8. The lowest BCUT2D eigenvalue weighted by molar-refractivity contribution is 0.317. The van der Waals surface area contributed by atoms with Crippen molar-refractivity contribution in [2.45, 2.75) is 39.5 Å². The van der Waals surface area contributed by atoms with Crippen LogP contribution < -0.4 is 14.8 Å². The highest BCUT2D eigenvalue weighted by Gasteiger charge is 2.14. The van der Waals surface area contributed by atoms with Crippen molar-refractivity contribution in [2.75, 3.05) is 6.61 Å². The molecule has 2 heterocycles. The van der Waals surface area contributed by atoms with Crippen molar-refractivity contribution in [1.29, 1.82) is 0 Å². The quantitative estimate of drug-likeness (QED) is 0.479. The van der Waals surface area contributed by atoms with Crippen LogP contribution in [0.15, 0.2) is 53.3 Å². The van der Waals surface area contributed by atoms with E-state index in [2.05, 4.69) is 49.9 Å². The Labute approximate surface area is 179 Å². The average Bonchev–Trinajstić information content (AvgIpc) is 3.26. The van der Waals surface area contributed by atoms with Crippen molar-refractivity contribution in [2.24, 2.45) is 0 Å². The van der Waals surface area contributed by atoms with Gasteiger partial charge in [0.25, 0.3) is 5.56 Å². The first-order chi connectivity index (χ1) is 14.3. The number of fused-ring (bicyclic) bond motifs is 1. The number of rotatable bonds is 5. The minimum Gasteiger partial charge on any atom is -0.494 e. The van der Waals surface area contributed by atoms with Crippen molar-refractivity contribution in [3.8, 4) is 17.1 Å². The van der Waals surface area contributed by atoms with Crippen LogP contribution in [0.3, 0.4) is 0 Å². The molecular weight excluding hydrogens is 394 g/mol. The second kappa shape index (κ2) is 8.03. The Hall–Kier alpha value is -2.99. The summed E-state index contributed by atoms with van der Waals surface area (Å²) in [4.78, 5) is 17.9. The molecule has 0 spiro atoms. The molecule has 30 heavy (non-hydrogen) atoms. The molecule has 0 atom stereocenters. The van der Waals surface area contributed by atoms with Crippen LogP contribution in [0.1, 0.15) is 45.2 Å². The van der Waals surface area contributed by atoms with E-state index in [0.717, 1.165) is 23.3 Å². The predicted molar refractivity (Wildman–Crippen MR) is 122 cm³/mol. The van der Waals surface area contributed by atoms with Gasteiger partial charge < -0.3 is 4.74 Å². The lowest BCUT2D eigenvalue weighted by Gasteiger charge is -2.18. The Balaban J connectivity index is 1.62. The SMILES string of the molecule is CCCOc1ccc(-c2nc3s/c(=C\c4ccc(C(C)(C)C)cc4)c(=O)n3n2)cc1. The maximum Gasteiger partial charge on any atom is 0.291 e. The molecule has 5 nitrogen and oxygen atoms in total. The van der Waals surface area contributed by atoms with Crippen LogP contribution in [0.25, 0.3) is 22.4 Å². The van der Waals surface area contributed by atoms with Gasteiger partial charge in [-0.05, 0) is 53.3 Å². The van der Waals surface area contributed by atoms with Gasteiger partial charge in [-0.1, -0.05) is 63.3 Å². The summed E-state index contributed by atoms with van der Waals surface area (Å²) in [7, 11) is 0. The first-order valence-electron chi connectivity index (χ1n) is 10.1. The number of nitrogens with zero attached hydrogens (tertiary/aromatic N) is 3. The number of ether oxygens (including phenoxy) is 1. The average molecular weight is 420 g/mol. The van der Waals surface area contributed by atoms with Gasteiger partial charge >= 0.3 is 0 Å². The fraction of sp³-hybridized carbons (Fsp3) is 0.292. The lowest BCUT2D eigenvalue weighted by Crippen LogP contribution is -2.23. The molecule has 0 saturated heterocycles. The fourth-order valence-corrected chi connectivity index (χ4v) is 4.01. The Kier molecular flexibility index (Phi) is 5.43. The predicted octanol–water partition coefficient (Wildman–Crippen LogP) is 4.45. The van der Waals surface area contributed by atoms with Gasteiger partial charge in [-0.15, -0.1) is 5.10 Å². The summed E-state index contributed by atoms with van der Waals surface area (Å²) in [5.74, 6) is 1.36. The zero-order valence-corrected chi connectivity index (χ0v) is 18.5. The van der Waals surface area contributed by atoms with Crippen molar-refractivity contribution in [3.63, 3.8) is 0 Å². The number of thiazole rings is 1. The molecule has 0 unspecified atom stereocenters. The summed E-state index contributed by atoms with van der Waals surface area (Å²) in [6.45, 7) is 9.32. The number of aromatic nitrogens is 3. The number of hydrogen-bond donors (Lipinski definition) is 0. The Morgan fingerprint density at radius 3 is 2.37 bits per heavy atom. The summed E-state index contributed by atoms with van der Waals surface area (Å²) in [6.07, 6.45) is 2.86. The smallest absolute Gasteiger partial charge is 0.291 e. The van der Waals surface area contributed by atoms with E-state index in [4.69, 9.17) is 4.74 Å². The first-order valence-corrected chi connectivity index (χ1v) is 10.9. The molecule has 2 aromatic heterocycles. The van der Waals surface area contributed by atoms with Gasteiger partial charge in [-0.25, -0.2) is 0 Å². The van der Waals surface area contributed by atoms with Gasteiger partial charge in [0.05, 0.1) is 11.1 Å². The highest BCUT2D eigenvalue weighted by Crippen LogP contribution is 2.23. The van der Waals surface area contributed by atoms with E-state index in [1.165, 1.54) is 21.4 Å². The zero-order valence-electron chi connectivity index (χ0n) is 17.7. The summed E-state index contributed by atoms with van der Waals surface area (Å²) < 4.78 is 7.62. The second-order valence-electron chi connectivity index (χ2n) is 8.29. The van der Waals surface area contributed by atoms with Gasteiger partial charge in [-0.3, -0.25) is 4.79 Å². The Bertz CT molecular complexity index is 1260. The molecule has 0 aliphatic heterocycles. The molecule has 6 heteroatoms. The molecule has 0 aliphatic rings. The summed E-state index contributed by atoms with van der Waals surface area (Å²) in [5, 5.41) is 4.43. The van der Waals surface area contributed by atoms with Crippen molar-refractivity contribution in [3.05, 3.63) is 74.5 Å². The zero-order chi connectivity index (χ0) is 21.3. The first kappa shape index (κ1) is 20.3. The molecular formula is C24H25N3O2S. The Morgan fingerprint density at radius 1 is 1.07 bits per heavy atom. The molecule has 0 N–H and O–H groups in total. The van der Waals surface area contributed by atoms with Gasteiger partial charge in [0.2, 0.25) is 4.96 Å².